The van der Waals surface area contributed by atoms with E-state index in [1.807, 2.05) is 0 Å². The number of nitrogens with zero attached hydrogens (tertiary/aromatic N) is 2. The highest BCUT2D eigenvalue weighted by Crippen LogP contribution is 2.16. The second kappa shape index (κ2) is 6.48. The summed E-state index contributed by atoms with van der Waals surface area (Å²) in [6.45, 7) is 4.90. The summed E-state index contributed by atoms with van der Waals surface area (Å²) in [4.78, 5) is 27.8. The lowest BCUT2D eigenvalue weighted by molar-refractivity contribution is 0.0594. The van der Waals surface area contributed by atoms with Gasteiger partial charge in [-0.15, -0.1) is 4.99 Å². The predicted molar refractivity (Wildman–Crippen MR) is 77.7 cm³/mol. The van der Waals surface area contributed by atoms with E-state index in [1.54, 1.807) is 20.8 Å². The Morgan fingerprint density at radius 3 is 2.27 bits per heavy atom. The molecule has 1 saturated heterocycles. The van der Waals surface area contributed by atoms with Gasteiger partial charge in [-0.25, -0.2) is 23.1 Å². The number of rotatable bonds is 1. The second-order valence-electron chi connectivity index (χ2n) is 5.63. The maximum atomic E-state index is 11.7. The number of carbonyl (C=O) groups is 2. The van der Waals surface area contributed by atoms with Gasteiger partial charge in [-0.1, -0.05) is 0 Å². The summed E-state index contributed by atoms with van der Waals surface area (Å²) < 4.78 is 32.2. The molecule has 11 heteroatoms. The van der Waals surface area contributed by atoms with Crippen LogP contribution in [0.1, 0.15) is 20.8 Å². The third-order valence-electron chi connectivity index (χ3n) is 2.55. The Bertz CT molecular complexity index is 574. The second-order valence-corrected chi connectivity index (χ2v) is 7.47. The van der Waals surface area contributed by atoms with Crippen LogP contribution in [0.25, 0.3) is 0 Å². The van der Waals surface area contributed by atoms with E-state index in [0.29, 0.717) is 0 Å². The van der Waals surface area contributed by atoms with Gasteiger partial charge >= 0.3 is 18.2 Å². The number of nitrogens with one attached hydrogen (secondary N) is 1. The molecule has 10 nitrogen and oxygen atoms in total. The maximum absolute atomic E-state index is 11.7. The number of hydrogen-bond acceptors (Lipinski definition) is 6. The van der Waals surface area contributed by atoms with Gasteiger partial charge in [0.1, 0.15) is 10.9 Å². The van der Waals surface area contributed by atoms with Crippen LogP contribution in [-0.4, -0.2) is 62.5 Å². The van der Waals surface area contributed by atoms with Crippen LogP contribution in [-0.2, 0) is 19.5 Å². The number of nitrogens with two attached hydrogens (primary N) is 1. The van der Waals surface area contributed by atoms with Crippen molar-refractivity contribution in [2.45, 2.75) is 31.6 Å². The number of amides is 2. The van der Waals surface area contributed by atoms with Gasteiger partial charge in [0.2, 0.25) is 10.0 Å². The normalized spacial score (nSPS) is 16.8. The zero-order chi connectivity index (χ0) is 17.1. The van der Waals surface area contributed by atoms with Crippen molar-refractivity contribution in [1.29, 1.82) is 0 Å². The summed E-state index contributed by atoms with van der Waals surface area (Å²) in [7, 11) is -2.36. The van der Waals surface area contributed by atoms with Crippen molar-refractivity contribution in [3.8, 4) is 0 Å². The Morgan fingerprint density at radius 2 is 1.86 bits per heavy atom. The Morgan fingerprint density at radius 1 is 1.32 bits per heavy atom. The van der Waals surface area contributed by atoms with Crippen molar-refractivity contribution in [2.24, 2.45) is 10.1 Å². The predicted octanol–water partition coefficient (Wildman–Crippen LogP) is -0.394. The number of amidine groups is 1. The molecule has 3 N–H and O–H groups in total. The highest BCUT2D eigenvalue weighted by Gasteiger charge is 2.39. The van der Waals surface area contributed by atoms with Gasteiger partial charge < -0.3 is 19.7 Å². The first-order valence-corrected chi connectivity index (χ1v) is 8.01. The average molecular weight is 336 g/mol. The summed E-state index contributed by atoms with van der Waals surface area (Å²) in [5.74, 6) is 0. The van der Waals surface area contributed by atoms with E-state index in [9.17, 15) is 18.0 Å². The number of hydrogen-bond donors (Lipinski definition) is 2. The van der Waals surface area contributed by atoms with E-state index >= 15 is 0 Å². The van der Waals surface area contributed by atoms with E-state index in [0.717, 1.165) is 0 Å². The maximum Gasteiger partial charge on any atom is 0.438 e. The van der Waals surface area contributed by atoms with E-state index in [1.165, 1.54) is 11.9 Å². The van der Waals surface area contributed by atoms with Crippen molar-refractivity contribution < 1.29 is 27.5 Å². The SMILES string of the molecule is CNC(=O)O/C(=N/C(=O)OC(C)(C)C)N1CC(S(N)(=O)=O)C1. The highest BCUT2D eigenvalue weighted by molar-refractivity contribution is 7.89. The van der Waals surface area contributed by atoms with Gasteiger partial charge in [-0.05, 0) is 20.8 Å². The van der Waals surface area contributed by atoms with Crippen LogP contribution in [0.15, 0.2) is 4.99 Å². The van der Waals surface area contributed by atoms with E-state index in [4.69, 9.17) is 14.6 Å². The van der Waals surface area contributed by atoms with Crippen LogP contribution in [0.4, 0.5) is 9.59 Å². The van der Waals surface area contributed by atoms with Crippen LogP contribution >= 0.6 is 0 Å². The van der Waals surface area contributed by atoms with Gasteiger partial charge in [0, 0.05) is 20.1 Å². The molecule has 126 valence electrons. The molecule has 0 aromatic heterocycles. The minimum absolute atomic E-state index is 0.0303. The molecule has 0 aromatic rings. The molecule has 0 aliphatic carbocycles. The first-order valence-electron chi connectivity index (χ1n) is 6.40. The molecule has 1 heterocycles. The minimum Gasteiger partial charge on any atom is -0.442 e. The van der Waals surface area contributed by atoms with Crippen LogP contribution in [0, 0.1) is 0 Å². The standard InChI is InChI=1S/C11H20N4O6S/c1-11(2,3)21-10(17)14-8(20-9(16)13-4)15-5-7(6-15)22(12,18)19/h7H,5-6H2,1-4H3,(H,13,16)(H2,12,18,19)/b14-8+. The lowest BCUT2D eigenvalue weighted by Crippen LogP contribution is -2.59. The fraction of sp³-hybridized carbons (Fsp3) is 0.727. The number of sulfonamides is 1. The van der Waals surface area contributed by atoms with Gasteiger partial charge in [-0.2, -0.15) is 0 Å². The molecule has 0 saturated carbocycles. The number of likely N-dealkylation sites (tertiary alicyclic amines) is 1. The molecule has 1 aliphatic heterocycles. The average Bonchev–Trinajstić information content (AvgIpc) is 2.21. The van der Waals surface area contributed by atoms with Crippen molar-refractivity contribution in [1.82, 2.24) is 10.2 Å². The first-order chi connectivity index (χ1) is 9.92. The molecule has 1 fully saturated rings. The van der Waals surface area contributed by atoms with Crippen LogP contribution in [0.5, 0.6) is 0 Å². The Balaban J connectivity index is 2.82. The summed E-state index contributed by atoms with van der Waals surface area (Å²) in [5.41, 5.74) is -0.767. The molecule has 0 spiro atoms. The summed E-state index contributed by atoms with van der Waals surface area (Å²) in [6, 6.07) is -0.339. The van der Waals surface area contributed by atoms with Crippen molar-refractivity contribution >= 4 is 28.2 Å². The minimum atomic E-state index is -3.69. The smallest absolute Gasteiger partial charge is 0.438 e. The molecule has 2 amide bonds. The molecular weight excluding hydrogens is 316 g/mol. The van der Waals surface area contributed by atoms with Gasteiger partial charge in [0.25, 0.3) is 0 Å². The number of ether oxygens (including phenoxy) is 2. The van der Waals surface area contributed by atoms with Gasteiger partial charge in [0.15, 0.2) is 0 Å². The molecule has 1 aliphatic rings. The molecule has 0 atom stereocenters. The monoisotopic (exact) mass is 336 g/mol. The first kappa shape index (κ1) is 18.2. The number of alkyl carbamates (subject to hydrolysis) is 1. The third kappa shape index (κ3) is 5.48. The van der Waals surface area contributed by atoms with Crippen LogP contribution < -0.4 is 10.5 Å². The molecule has 0 bridgehead atoms. The highest BCUT2D eigenvalue weighted by atomic mass is 32.2. The number of aliphatic imine (C=N–C) groups is 1. The molecule has 22 heavy (non-hydrogen) atoms. The topological polar surface area (TPSA) is 140 Å². The van der Waals surface area contributed by atoms with E-state index in [-0.39, 0.29) is 19.1 Å². The van der Waals surface area contributed by atoms with Gasteiger partial charge in [0.05, 0.1) is 0 Å². The number of carbonyl (C=O) groups excluding carboxylic acids is 2. The zero-order valence-corrected chi connectivity index (χ0v) is 13.6. The largest absolute Gasteiger partial charge is 0.442 e. The lowest BCUT2D eigenvalue weighted by atomic mass is 10.2. The Kier molecular flexibility index (Phi) is 5.35. The Labute approximate surface area is 128 Å². The van der Waals surface area contributed by atoms with E-state index in [2.05, 4.69) is 10.3 Å². The molecule has 0 radical (unpaired) electrons. The molecule has 1 rings (SSSR count). The molecule has 0 aromatic carbocycles. The fourth-order valence-corrected chi connectivity index (χ4v) is 2.23. The Hall–Kier alpha value is -1.88. The quantitative estimate of drug-likeness (QED) is 0.490. The summed E-state index contributed by atoms with van der Waals surface area (Å²) >= 11 is 0. The van der Waals surface area contributed by atoms with Crippen molar-refractivity contribution in [3.05, 3.63) is 0 Å². The van der Waals surface area contributed by atoms with Gasteiger partial charge in [-0.3, -0.25) is 0 Å². The molecule has 0 unspecified atom stereocenters. The summed E-state index contributed by atoms with van der Waals surface area (Å²) in [5, 5.41) is 6.41. The third-order valence-corrected chi connectivity index (χ3v) is 3.78. The van der Waals surface area contributed by atoms with Crippen LogP contribution in [0.2, 0.25) is 0 Å². The van der Waals surface area contributed by atoms with Crippen LogP contribution in [0.3, 0.4) is 0 Å². The van der Waals surface area contributed by atoms with Crippen molar-refractivity contribution in [3.63, 3.8) is 0 Å². The number of primary sulfonamides is 1. The van der Waals surface area contributed by atoms with Crippen molar-refractivity contribution in [2.75, 3.05) is 20.1 Å². The lowest BCUT2D eigenvalue weighted by Gasteiger charge is -2.38. The summed E-state index contributed by atoms with van der Waals surface area (Å²) in [6.07, 6.45) is -1.80. The fourth-order valence-electron chi connectivity index (χ4n) is 1.46. The molecular formula is C11H20N4O6S. The zero-order valence-electron chi connectivity index (χ0n) is 12.8. The van der Waals surface area contributed by atoms with E-state index < -0.39 is 33.1 Å².